The molecule has 1 N–H and O–H groups in total. The third-order valence-corrected chi connectivity index (χ3v) is 5.30. The topological polar surface area (TPSA) is 102 Å². The van der Waals surface area contributed by atoms with Crippen LogP contribution in [0.2, 0.25) is 0 Å². The van der Waals surface area contributed by atoms with Crippen LogP contribution in [0.25, 0.3) is 0 Å². The summed E-state index contributed by atoms with van der Waals surface area (Å²) >= 11 is 0. The number of Topliss-reactive ketones (excluding diaryl/α,β-unsaturated/α-hetero) is 2. The second-order valence-corrected chi connectivity index (χ2v) is 8.22. The van der Waals surface area contributed by atoms with Crippen molar-refractivity contribution in [3.63, 3.8) is 0 Å². The van der Waals surface area contributed by atoms with Gasteiger partial charge in [0.25, 0.3) is 5.56 Å². The van der Waals surface area contributed by atoms with Crippen LogP contribution in [0.1, 0.15) is 55.0 Å². The number of aromatic nitrogens is 2. The first-order valence-corrected chi connectivity index (χ1v) is 9.92. The molecule has 0 spiro atoms. The molecule has 7 nitrogen and oxygen atoms in total. The van der Waals surface area contributed by atoms with E-state index < -0.39 is 22.5 Å². The van der Waals surface area contributed by atoms with Gasteiger partial charge in [-0.2, -0.15) is 0 Å². The van der Waals surface area contributed by atoms with Crippen molar-refractivity contribution in [2.75, 3.05) is 0 Å². The number of aliphatic imine (C=N–C) groups is 1. The standard InChI is InChI=1S/C23H24FN3O4/c1-23(2,12-18(29)15-10-11-25-13-15)22-26-19(20(30)21(31)27(22)3)17(28)9-6-14-4-7-16(24)8-5-14/h4-5,7-8,11,13,30H,6,9-10,12H2,1-3H3. The summed E-state index contributed by atoms with van der Waals surface area (Å²) in [5, 5.41) is 10.3. The van der Waals surface area contributed by atoms with Crippen molar-refractivity contribution in [1.29, 1.82) is 0 Å². The molecule has 0 bridgehead atoms. The van der Waals surface area contributed by atoms with Gasteiger partial charge in [0.2, 0.25) is 5.75 Å². The number of hydrogen-bond donors (Lipinski definition) is 1. The highest BCUT2D eigenvalue weighted by atomic mass is 19.1. The maximum atomic E-state index is 13.0. The van der Waals surface area contributed by atoms with Crippen LogP contribution in [0, 0.1) is 5.82 Å². The Morgan fingerprint density at radius 2 is 1.87 bits per heavy atom. The first-order chi connectivity index (χ1) is 14.6. The number of halogens is 1. The molecular weight excluding hydrogens is 401 g/mol. The first kappa shape index (κ1) is 22.3. The van der Waals surface area contributed by atoms with E-state index >= 15 is 0 Å². The zero-order valence-corrected chi connectivity index (χ0v) is 17.7. The zero-order valence-electron chi connectivity index (χ0n) is 17.7. The van der Waals surface area contributed by atoms with Crippen molar-refractivity contribution in [3.05, 3.63) is 69.3 Å². The third kappa shape index (κ3) is 4.84. The molecule has 0 aliphatic carbocycles. The number of carbonyl (C=O) groups is 2. The molecule has 3 rings (SSSR count). The monoisotopic (exact) mass is 425 g/mol. The SMILES string of the molecule is Cn1c(C(C)(C)CC(=O)C2=CN=CC2)nc(C(=O)CCc2ccc(F)cc2)c(O)c1=O. The number of benzene rings is 1. The van der Waals surface area contributed by atoms with Crippen LogP contribution >= 0.6 is 0 Å². The summed E-state index contributed by atoms with van der Waals surface area (Å²) < 4.78 is 14.2. The van der Waals surface area contributed by atoms with E-state index in [1.54, 1.807) is 32.2 Å². The molecular formula is C23H24FN3O4. The number of carbonyl (C=O) groups excluding carboxylic acids is 2. The molecule has 1 aromatic heterocycles. The van der Waals surface area contributed by atoms with Crippen molar-refractivity contribution in [2.45, 2.75) is 44.9 Å². The summed E-state index contributed by atoms with van der Waals surface area (Å²) in [7, 11) is 1.45. The maximum absolute atomic E-state index is 13.0. The Morgan fingerprint density at radius 1 is 1.19 bits per heavy atom. The molecule has 0 fully saturated rings. The van der Waals surface area contributed by atoms with E-state index in [0.717, 1.165) is 5.56 Å². The Hall–Kier alpha value is -3.42. The number of rotatable bonds is 8. The Kier molecular flexibility index (Phi) is 6.29. The Balaban J connectivity index is 1.86. The number of hydrogen-bond acceptors (Lipinski definition) is 6. The average Bonchev–Trinajstić information content (AvgIpc) is 3.26. The second kappa shape index (κ2) is 8.75. The van der Waals surface area contributed by atoms with E-state index in [9.17, 15) is 23.9 Å². The van der Waals surface area contributed by atoms with Crippen LogP contribution in [0.15, 0.2) is 45.8 Å². The minimum Gasteiger partial charge on any atom is -0.501 e. The average molecular weight is 425 g/mol. The summed E-state index contributed by atoms with van der Waals surface area (Å²) in [6, 6.07) is 5.75. The lowest BCUT2D eigenvalue weighted by atomic mass is 9.84. The van der Waals surface area contributed by atoms with Crippen LogP contribution < -0.4 is 5.56 Å². The fraction of sp³-hybridized carbons (Fsp3) is 0.348. The highest BCUT2D eigenvalue weighted by Crippen LogP contribution is 2.29. The van der Waals surface area contributed by atoms with Crippen LogP contribution in [-0.2, 0) is 23.7 Å². The summed E-state index contributed by atoms with van der Waals surface area (Å²) in [5.41, 5.74) is -0.611. The molecule has 0 radical (unpaired) electrons. The van der Waals surface area contributed by atoms with Gasteiger partial charge >= 0.3 is 0 Å². The van der Waals surface area contributed by atoms with Gasteiger partial charge in [0.05, 0.1) is 0 Å². The lowest BCUT2D eigenvalue weighted by Crippen LogP contribution is -2.34. The van der Waals surface area contributed by atoms with Gasteiger partial charge in [-0.15, -0.1) is 0 Å². The van der Waals surface area contributed by atoms with Gasteiger partial charge in [0.1, 0.15) is 11.6 Å². The van der Waals surface area contributed by atoms with Gasteiger partial charge in [-0.25, -0.2) is 9.37 Å². The first-order valence-electron chi connectivity index (χ1n) is 9.92. The van der Waals surface area contributed by atoms with Crippen molar-refractivity contribution in [1.82, 2.24) is 9.55 Å². The minimum atomic E-state index is -0.867. The van der Waals surface area contributed by atoms with Gasteiger partial charge in [-0.1, -0.05) is 26.0 Å². The van der Waals surface area contributed by atoms with Crippen LogP contribution in [0.5, 0.6) is 5.75 Å². The Labute approximate surface area is 179 Å². The fourth-order valence-electron chi connectivity index (χ4n) is 3.54. The molecule has 1 aliphatic heterocycles. The van der Waals surface area contributed by atoms with Gasteiger partial charge in [0, 0.05) is 49.7 Å². The molecule has 2 aromatic rings. The molecule has 8 heteroatoms. The smallest absolute Gasteiger partial charge is 0.296 e. The Morgan fingerprint density at radius 3 is 2.48 bits per heavy atom. The summed E-state index contributed by atoms with van der Waals surface area (Å²) in [6.07, 6.45) is 3.99. The van der Waals surface area contributed by atoms with E-state index in [0.29, 0.717) is 18.4 Å². The highest BCUT2D eigenvalue weighted by molar-refractivity contribution is 6.00. The van der Waals surface area contributed by atoms with Crippen molar-refractivity contribution in [2.24, 2.45) is 12.0 Å². The van der Waals surface area contributed by atoms with Crippen LogP contribution in [0.4, 0.5) is 4.39 Å². The predicted molar refractivity (Wildman–Crippen MR) is 114 cm³/mol. The van der Waals surface area contributed by atoms with Crippen LogP contribution in [0.3, 0.4) is 0 Å². The fourth-order valence-corrected chi connectivity index (χ4v) is 3.54. The van der Waals surface area contributed by atoms with Crippen LogP contribution in [-0.4, -0.2) is 32.4 Å². The second-order valence-electron chi connectivity index (χ2n) is 8.22. The van der Waals surface area contributed by atoms with Gasteiger partial charge in [-0.05, 0) is 24.1 Å². The molecule has 1 aliphatic rings. The van der Waals surface area contributed by atoms with Gasteiger partial charge in [0.15, 0.2) is 17.3 Å². The number of aryl methyl sites for hydroxylation is 1. The molecule has 0 atom stereocenters. The van der Waals surface area contributed by atoms with E-state index in [1.165, 1.54) is 29.9 Å². The van der Waals surface area contributed by atoms with E-state index in [-0.39, 0.29) is 36.0 Å². The highest BCUT2D eigenvalue weighted by Gasteiger charge is 2.32. The lowest BCUT2D eigenvalue weighted by molar-refractivity contribution is -0.116. The normalized spacial score (nSPS) is 13.4. The molecule has 0 saturated heterocycles. The molecule has 162 valence electrons. The Bertz CT molecular complexity index is 1140. The summed E-state index contributed by atoms with van der Waals surface area (Å²) in [6.45, 7) is 3.51. The number of nitrogens with zero attached hydrogens (tertiary/aromatic N) is 3. The van der Waals surface area contributed by atoms with E-state index in [1.807, 2.05) is 0 Å². The van der Waals surface area contributed by atoms with E-state index in [4.69, 9.17) is 0 Å². The van der Waals surface area contributed by atoms with Crippen molar-refractivity contribution >= 4 is 17.8 Å². The molecule has 0 saturated carbocycles. The molecule has 0 unspecified atom stereocenters. The summed E-state index contributed by atoms with van der Waals surface area (Å²) in [4.78, 5) is 46.2. The van der Waals surface area contributed by atoms with Gasteiger partial charge < -0.3 is 5.11 Å². The van der Waals surface area contributed by atoms with Crippen molar-refractivity contribution in [3.8, 4) is 5.75 Å². The molecule has 31 heavy (non-hydrogen) atoms. The zero-order chi connectivity index (χ0) is 22.8. The van der Waals surface area contributed by atoms with Gasteiger partial charge in [-0.3, -0.25) is 23.9 Å². The lowest BCUT2D eigenvalue weighted by Gasteiger charge is -2.26. The third-order valence-electron chi connectivity index (χ3n) is 5.30. The van der Waals surface area contributed by atoms with Crippen molar-refractivity contribution < 1.29 is 19.1 Å². The minimum absolute atomic E-state index is 0.0115. The number of ketones is 2. The maximum Gasteiger partial charge on any atom is 0.296 e. The number of aromatic hydroxyl groups is 1. The van der Waals surface area contributed by atoms with E-state index in [2.05, 4.69) is 9.98 Å². The largest absolute Gasteiger partial charge is 0.501 e. The molecule has 1 aromatic carbocycles. The molecule has 2 heterocycles. The molecule has 0 amide bonds. The predicted octanol–water partition coefficient (Wildman–Crippen LogP) is 3.04. The quantitative estimate of drug-likeness (QED) is 0.655. The number of allylic oxidation sites excluding steroid dienone is 1. The summed E-state index contributed by atoms with van der Waals surface area (Å²) in [5.74, 6) is -1.48.